The fourth-order valence-corrected chi connectivity index (χ4v) is 2.59. The van der Waals surface area contributed by atoms with Crippen LogP contribution < -0.4 is 5.73 Å². The average molecular weight is 276 g/mol. The van der Waals surface area contributed by atoms with Crippen molar-refractivity contribution in [2.75, 3.05) is 7.05 Å². The molecule has 0 aliphatic carbocycles. The SMILES string of the molecule is Cc1occc1CN(C)C(c1cccc(F)c1)C(C)N. The number of hydrogen-bond donors (Lipinski definition) is 1. The van der Waals surface area contributed by atoms with E-state index in [4.69, 9.17) is 10.2 Å². The Balaban J connectivity index is 2.22. The highest BCUT2D eigenvalue weighted by Crippen LogP contribution is 2.25. The predicted molar refractivity (Wildman–Crippen MR) is 77.7 cm³/mol. The van der Waals surface area contributed by atoms with Gasteiger partial charge in [-0.1, -0.05) is 12.1 Å². The molecule has 2 atom stereocenters. The molecule has 2 rings (SSSR count). The number of halogens is 1. The molecular formula is C16H21FN2O. The second-order valence-corrected chi connectivity index (χ2v) is 5.28. The molecule has 0 radical (unpaired) electrons. The van der Waals surface area contributed by atoms with Crippen molar-refractivity contribution in [3.63, 3.8) is 0 Å². The third-order valence-electron chi connectivity index (χ3n) is 3.55. The number of hydrogen-bond acceptors (Lipinski definition) is 3. The van der Waals surface area contributed by atoms with Gasteiger partial charge >= 0.3 is 0 Å². The zero-order valence-corrected chi connectivity index (χ0v) is 12.1. The highest BCUT2D eigenvalue weighted by Gasteiger charge is 2.22. The first-order valence-corrected chi connectivity index (χ1v) is 6.73. The summed E-state index contributed by atoms with van der Waals surface area (Å²) in [5.41, 5.74) is 8.11. The molecule has 0 spiro atoms. The van der Waals surface area contributed by atoms with Crippen molar-refractivity contribution in [3.05, 3.63) is 59.3 Å². The molecule has 4 heteroatoms. The number of benzene rings is 1. The van der Waals surface area contributed by atoms with Crippen LogP contribution in [-0.2, 0) is 6.54 Å². The lowest BCUT2D eigenvalue weighted by molar-refractivity contribution is 0.209. The Labute approximate surface area is 119 Å². The summed E-state index contributed by atoms with van der Waals surface area (Å²) in [6.45, 7) is 4.59. The monoisotopic (exact) mass is 276 g/mol. The van der Waals surface area contributed by atoms with E-state index in [2.05, 4.69) is 4.90 Å². The summed E-state index contributed by atoms with van der Waals surface area (Å²) in [4.78, 5) is 2.12. The van der Waals surface area contributed by atoms with Crippen LogP contribution in [0.15, 0.2) is 41.0 Å². The molecule has 0 saturated heterocycles. The fraction of sp³-hybridized carbons (Fsp3) is 0.375. The third-order valence-corrected chi connectivity index (χ3v) is 3.55. The largest absolute Gasteiger partial charge is 0.469 e. The van der Waals surface area contributed by atoms with Crippen molar-refractivity contribution in [1.29, 1.82) is 0 Å². The summed E-state index contributed by atoms with van der Waals surface area (Å²) in [5, 5.41) is 0. The molecule has 1 aromatic heterocycles. The van der Waals surface area contributed by atoms with Gasteiger partial charge in [-0.2, -0.15) is 0 Å². The Bertz CT molecular complexity index is 565. The molecule has 2 N–H and O–H groups in total. The topological polar surface area (TPSA) is 42.4 Å². The predicted octanol–water partition coefficient (Wildman–Crippen LogP) is 3.25. The van der Waals surface area contributed by atoms with Crippen molar-refractivity contribution in [2.45, 2.75) is 32.5 Å². The lowest BCUT2D eigenvalue weighted by atomic mass is 9.99. The van der Waals surface area contributed by atoms with Crippen molar-refractivity contribution >= 4 is 0 Å². The first kappa shape index (κ1) is 14.8. The van der Waals surface area contributed by atoms with Crippen LogP contribution in [0.1, 0.15) is 29.9 Å². The Kier molecular flexibility index (Phi) is 4.57. The molecule has 0 amide bonds. The normalized spacial score (nSPS) is 14.5. The summed E-state index contributed by atoms with van der Waals surface area (Å²) >= 11 is 0. The minimum atomic E-state index is -0.235. The Morgan fingerprint density at radius 1 is 1.35 bits per heavy atom. The Hall–Kier alpha value is -1.65. The molecule has 1 aromatic carbocycles. The highest BCUT2D eigenvalue weighted by molar-refractivity contribution is 5.23. The summed E-state index contributed by atoms with van der Waals surface area (Å²) < 4.78 is 18.7. The maximum absolute atomic E-state index is 13.4. The molecular weight excluding hydrogens is 255 g/mol. The van der Waals surface area contributed by atoms with Crippen LogP contribution in [0.5, 0.6) is 0 Å². The van der Waals surface area contributed by atoms with Crippen LogP contribution in [0, 0.1) is 12.7 Å². The lowest BCUT2D eigenvalue weighted by Crippen LogP contribution is -2.37. The average Bonchev–Trinajstić information content (AvgIpc) is 2.74. The zero-order chi connectivity index (χ0) is 14.7. The first-order chi connectivity index (χ1) is 9.49. The van der Waals surface area contributed by atoms with Crippen molar-refractivity contribution in [3.8, 4) is 0 Å². The van der Waals surface area contributed by atoms with E-state index >= 15 is 0 Å². The molecule has 0 fully saturated rings. The summed E-state index contributed by atoms with van der Waals surface area (Å²) in [5.74, 6) is 0.667. The van der Waals surface area contributed by atoms with Crippen LogP contribution in [0.2, 0.25) is 0 Å². The van der Waals surface area contributed by atoms with E-state index in [-0.39, 0.29) is 17.9 Å². The molecule has 2 aromatic rings. The van der Waals surface area contributed by atoms with Gasteiger partial charge in [0.15, 0.2) is 0 Å². The van der Waals surface area contributed by atoms with Crippen molar-refractivity contribution in [1.82, 2.24) is 4.90 Å². The van der Waals surface area contributed by atoms with E-state index in [1.54, 1.807) is 18.4 Å². The molecule has 0 aliphatic rings. The van der Waals surface area contributed by atoms with Crippen LogP contribution in [-0.4, -0.2) is 18.0 Å². The summed E-state index contributed by atoms with van der Waals surface area (Å²) in [6.07, 6.45) is 1.68. The minimum Gasteiger partial charge on any atom is -0.469 e. The maximum atomic E-state index is 13.4. The van der Waals surface area contributed by atoms with Crippen molar-refractivity contribution in [2.24, 2.45) is 5.73 Å². The minimum absolute atomic E-state index is 0.0417. The number of aryl methyl sites for hydroxylation is 1. The number of likely N-dealkylation sites (N-methyl/N-ethyl adjacent to an activating group) is 1. The lowest BCUT2D eigenvalue weighted by Gasteiger charge is -2.31. The van der Waals surface area contributed by atoms with Gasteiger partial charge in [-0.25, -0.2) is 4.39 Å². The number of nitrogens with zero attached hydrogens (tertiary/aromatic N) is 1. The highest BCUT2D eigenvalue weighted by atomic mass is 19.1. The van der Waals surface area contributed by atoms with E-state index in [0.29, 0.717) is 6.54 Å². The van der Waals surface area contributed by atoms with Crippen LogP contribution in [0.4, 0.5) is 4.39 Å². The van der Waals surface area contributed by atoms with Gasteiger partial charge in [0.1, 0.15) is 11.6 Å². The van der Waals surface area contributed by atoms with Gasteiger partial charge in [-0.15, -0.1) is 0 Å². The molecule has 108 valence electrons. The van der Waals surface area contributed by atoms with Crippen LogP contribution in [0.3, 0.4) is 0 Å². The van der Waals surface area contributed by atoms with E-state index in [9.17, 15) is 4.39 Å². The second-order valence-electron chi connectivity index (χ2n) is 5.28. The number of rotatable bonds is 5. The van der Waals surface area contributed by atoms with E-state index < -0.39 is 0 Å². The zero-order valence-electron chi connectivity index (χ0n) is 12.1. The standard InChI is InChI=1S/C16H21FN2O/c1-11(18)16(13-5-4-6-15(17)9-13)19(3)10-14-7-8-20-12(14)2/h4-9,11,16H,10,18H2,1-3H3. The first-order valence-electron chi connectivity index (χ1n) is 6.73. The Morgan fingerprint density at radius 2 is 2.10 bits per heavy atom. The molecule has 0 bridgehead atoms. The van der Waals surface area contributed by atoms with E-state index in [1.165, 1.54) is 6.07 Å². The second kappa shape index (κ2) is 6.20. The van der Waals surface area contributed by atoms with Crippen molar-refractivity contribution < 1.29 is 8.81 Å². The molecule has 1 heterocycles. The number of nitrogens with two attached hydrogens (primary N) is 1. The van der Waals surface area contributed by atoms with Crippen LogP contribution in [0.25, 0.3) is 0 Å². The van der Waals surface area contributed by atoms with Gasteiger partial charge < -0.3 is 10.2 Å². The van der Waals surface area contributed by atoms with Gasteiger partial charge in [0.25, 0.3) is 0 Å². The van der Waals surface area contributed by atoms with E-state index in [1.807, 2.05) is 33.0 Å². The van der Waals surface area contributed by atoms with Gasteiger partial charge in [-0.3, -0.25) is 4.90 Å². The molecule has 3 nitrogen and oxygen atoms in total. The fourth-order valence-electron chi connectivity index (χ4n) is 2.59. The van der Waals surface area contributed by atoms with Crippen LogP contribution >= 0.6 is 0 Å². The maximum Gasteiger partial charge on any atom is 0.123 e. The molecule has 20 heavy (non-hydrogen) atoms. The quantitative estimate of drug-likeness (QED) is 0.911. The van der Waals surface area contributed by atoms with E-state index in [0.717, 1.165) is 16.9 Å². The van der Waals surface area contributed by atoms with Gasteiger partial charge in [0, 0.05) is 24.2 Å². The van der Waals surface area contributed by atoms with Gasteiger partial charge in [0.2, 0.25) is 0 Å². The smallest absolute Gasteiger partial charge is 0.123 e. The molecule has 2 unspecified atom stereocenters. The van der Waals surface area contributed by atoms with Gasteiger partial charge in [0.05, 0.1) is 6.26 Å². The summed E-state index contributed by atoms with van der Waals surface area (Å²) in [7, 11) is 1.99. The Morgan fingerprint density at radius 3 is 2.65 bits per heavy atom. The van der Waals surface area contributed by atoms with Gasteiger partial charge in [-0.05, 0) is 44.7 Å². The molecule has 0 saturated carbocycles. The number of furan rings is 1. The molecule has 0 aliphatic heterocycles. The third kappa shape index (κ3) is 3.26. The summed E-state index contributed by atoms with van der Waals surface area (Å²) in [6, 6.07) is 8.44.